The third kappa shape index (κ3) is 4.87. The molecule has 1 aromatic rings. The molecule has 2 aliphatic heterocycles. The summed E-state index contributed by atoms with van der Waals surface area (Å²) in [5, 5.41) is 0. The van der Waals surface area contributed by atoms with Crippen LogP contribution in [0.5, 0.6) is 0 Å². The molecule has 6 nitrogen and oxygen atoms in total. The van der Waals surface area contributed by atoms with Gasteiger partial charge in [0.05, 0.1) is 21.9 Å². The zero-order valence-corrected chi connectivity index (χ0v) is 23.1. The van der Waals surface area contributed by atoms with Crippen LogP contribution in [0.3, 0.4) is 0 Å². The maximum absolute atomic E-state index is 13.6. The molecule has 1 aromatic carbocycles. The Morgan fingerprint density at radius 1 is 0.865 bits per heavy atom. The number of alkyl halides is 2. The van der Waals surface area contributed by atoms with E-state index in [1.807, 2.05) is 27.7 Å². The Morgan fingerprint density at radius 2 is 1.35 bits per heavy atom. The van der Waals surface area contributed by atoms with Gasteiger partial charge in [0.1, 0.15) is 0 Å². The summed E-state index contributed by atoms with van der Waals surface area (Å²) < 4.78 is 66.2. The molecule has 6 rings (SSSR count). The van der Waals surface area contributed by atoms with Crippen molar-refractivity contribution < 1.29 is 31.3 Å². The summed E-state index contributed by atoms with van der Waals surface area (Å²) in [5.41, 5.74) is -1.01. The molecule has 0 unspecified atom stereocenters. The number of fused-ring (bicyclic) bond motifs is 3. The topological polar surface area (TPSA) is 72.9 Å². The number of nitrogens with zero attached hydrogens (tertiary/aromatic N) is 1. The minimum atomic E-state index is -3.53. The number of halogens is 2. The van der Waals surface area contributed by atoms with E-state index in [0.717, 1.165) is 5.46 Å². The monoisotopic (exact) mass is 537 g/mol. The molecule has 204 valence electrons. The molecule has 1 amide bonds. The predicted molar refractivity (Wildman–Crippen MR) is 138 cm³/mol. The van der Waals surface area contributed by atoms with Crippen molar-refractivity contribution in [1.29, 1.82) is 0 Å². The predicted octanol–water partition coefficient (Wildman–Crippen LogP) is 4.36. The van der Waals surface area contributed by atoms with Crippen molar-refractivity contribution in [2.45, 2.75) is 101 Å². The van der Waals surface area contributed by atoms with Crippen LogP contribution in [0.25, 0.3) is 0 Å². The van der Waals surface area contributed by atoms with E-state index in [-0.39, 0.29) is 47.9 Å². The Hall–Kier alpha value is -1.52. The Balaban J connectivity index is 1.23. The van der Waals surface area contributed by atoms with E-state index in [4.69, 9.17) is 9.31 Å². The fourth-order valence-corrected chi connectivity index (χ4v) is 8.43. The Labute approximate surface area is 219 Å². The van der Waals surface area contributed by atoms with Crippen molar-refractivity contribution >= 4 is 28.3 Å². The number of carbonyl (C=O) groups is 1. The number of sulfone groups is 1. The Kier molecular flexibility index (Phi) is 6.40. The third-order valence-electron chi connectivity index (χ3n) is 9.90. The smallest absolute Gasteiger partial charge is 0.399 e. The van der Waals surface area contributed by atoms with E-state index in [9.17, 15) is 22.0 Å². The number of hydrogen-bond acceptors (Lipinski definition) is 5. The summed E-state index contributed by atoms with van der Waals surface area (Å²) in [5.74, 6) is -2.62. The zero-order chi connectivity index (χ0) is 26.9. The van der Waals surface area contributed by atoms with Crippen LogP contribution in [0.4, 0.5) is 8.78 Å². The highest BCUT2D eigenvalue weighted by molar-refractivity contribution is 7.91. The van der Waals surface area contributed by atoms with Crippen molar-refractivity contribution in [2.75, 3.05) is 18.8 Å². The highest BCUT2D eigenvalue weighted by atomic mass is 32.2. The average Bonchev–Trinajstić information content (AvgIpc) is 3.06. The van der Waals surface area contributed by atoms with Crippen LogP contribution < -0.4 is 5.46 Å². The van der Waals surface area contributed by atoms with E-state index in [1.54, 1.807) is 29.2 Å². The number of amides is 1. The molecule has 0 atom stereocenters. The number of carbonyl (C=O) groups excluding carboxylic acids is 1. The lowest BCUT2D eigenvalue weighted by molar-refractivity contribution is -0.156. The molecule has 37 heavy (non-hydrogen) atoms. The van der Waals surface area contributed by atoms with Crippen LogP contribution in [0, 0.1) is 10.8 Å². The summed E-state index contributed by atoms with van der Waals surface area (Å²) in [6.07, 6.45) is 3.38. The van der Waals surface area contributed by atoms with Gasteiger partial charge in [0.25, 0.3) is 5.92 Å². The number of likely N-dealkylation sites (tertiary alicyclic amines) is 1. The third-order valence-corrected chi connectivity index (χ3v) is 11.9. The van der Waals surface area contributed by atoms with Crippen LogP contribution in [0.15, 0.2) is 29.2 Å². The molecule has 3 saturated carbocycles. The molecule has 0 aromatic heterocycles. The molecule has 0 spiro atoms. The van der Waals surface area contributed by atoms with Gasteiger partial charge in [0, 0.05) is 31.3 Å². The Bertz CT molecular complexity index is 1120. The van der Waals surface area contributed by atoms with Crippen LogP contribution in [0.2, 0.25) is 0 Å². The molecule has 5 fully saturated rings. The van der Waals surface area contributed by atoms with Crippen molar-refractivity contribution in [3.63, 3.8) is 0 Å². The van der Waals surface area contributed by atoms with E-state index in [0.29, 0.717) is 38.5 Å². The summed E-state index contributed by atoms with van der Waals surface area (Å²) in [7, 11) is -4.07. The first-order chi connectivity index (χ1) is 17.1. The highest BCUT2D eigenvalue weighted by Crippen LogP contribution is 2.58. The SMILES string of the molecule is CC1(C)OB(c2ccc(S(=O)(=O)CC34CCC(C(=O)N5CCC(F)(F)CC5)(CC3)CC4)cc2)OC1(C)C. The van der Waals surface area contributed by atoms with Crippen molar-refractivity contribution in [3.8, 4) is 0 Å². The van der Waals surface area contributed by atoms with Crippen molar-refractivity contribution in [1.82, 2.24) is 4.90 Å². The number of piperidine rings is 1. The molecule has 0 radical (unpaired) electrons. The van der Waals surface area contributed by atoms with Gasteiger partial charge < -0.3 is 14.2 Å². The summed E-state index contributed by atoms with van der Waals surface area (Å²) in [6.45, 7) is 8.13. The second-order valence-electron chi connectivity index (χ2n) is 12.8. The lowest BCUT2D eigenvalue weighted by Crippen LogP contribution is -2.55. The molecular formula is C27H38BF2NO5S. The maximum atomic E-state index is 13.6. The van der Waals surface area contributed by atoms with Gasteiger partial charge >= 0.3 is 7.12 Å². The highest BCUT2D eigenvalue weighted by Gasteiger charge is 2.55. The largest absolute Gasteiger partial charge is 0.494 e. The van der Waals surface area contributed by atoms with Gasteiger partial charge in [-0.05, 0) is 89.2 Å². The molecule has 0 N–H and O–H groups in total. The zero-order valence-electron chi connectivity index (χ0n) is 22.3. The van der Waals surface area contributed by atoms with Crippen LogP contribution in [-0.4, -0.2) is 62.3 Å². The fraction of sp³-hybridized carbons (Fsp3) is 0.741. The lowest BCUT2D eigenvalue weighted by Gasteiger charge is -2.53. The maximum Gasteiger partial charge on any atom is 0.494 e. The summed E-state index contributed by atoms with van der Waals surface area (Å²) in [6, 6.07) is 6.80. The van der Waals surface area contributed by atoms with Gasteiger partial charge in [0.15, 0.2) is 9.84 Å². The molecule has 5 aliphatic rings. The van der Waals surface area contributed by atoms with E-state index in [2.05, 4.69) is 0 Å². The molecule has 2 heterocycles. The molecule has 2 saturated heterocycles. The van der Waals surface area contributed by atoms with Crippen LogP contribution in [-0.2, 0) is 23.9 Å². The van der Waals surface area contributed by atoms with Gasteiger partial charge in [-0.2, -0.15) is 0 Å². The van der Waals surface area contributed by atoms with E-state index in [1.165, 1.54) is 0 Å². The summed E-state index contributed by atoms with van der Waals surface area (Å²) >= 11 is 0. The fourth-order valence-electron chi connectivity index (χ4n) is 6.47. The average molecular weight is 537 g/mol. The van der Waals surface area contributed by atoms with E-state index >= 15 is 0 Å². The Morgan fingerprint density at radius 3 is 1.84 bits per heavy atom. The molecule has 3 aliphatic carbocycles. The van der Waals surface area contributed by atoms with Gasteiger partial charge in [-0.3, -0.25) is 4.79 Å². The molecular weight excluding hydrogens is 499 g/mol. The lowest BCUT2D eigenvalue weighted by atomic mass is 9.54. The number of rotatable bonds is 5. The molecule has 10 heteroatoms. The number of benzene rings is 1. The number of hydrogen-bond donors (Lipinski definition) is 0. The van der Waals surface area contributed by atoms with Crippen molar-refractivity contribution in [3.05, 3.63) is 24.3 Å². The quantitative estimate of drug-likeness (QED) is 0.522. The minimum Gasteiger partial charge on any atom is -0.399 e. The van der Waals surface area contributed by atoms with Gasteiger partial charge in [-0.1, -0.05) is 12.1 Å². The van der Waals surface area contributed by atoms with Crippen LogP contribution >= 0.6 is 0 Å². The van der Waals surface area contributed by atoms with E-state index < -0.39 is 39.5 Å². The first-order valence-corrected chi connectivity index (χ1v) is 15.1. The minimum absolute atomic E-state index is 0.00236. The first kappa shape index (κ1) is 27.1. The standard InChI is InChI=1S/C27H38BF2NO5S/c1-23(2)24(3,4)36-28(35-23)20-5-7-21(8-6-20)37(33,34)19-25-9-12-26(13-10-25,14-11-25)22(32)31-17-15-27(29,30)16-18-31/h5-8H,9-19H2,1-4H3. The van der Waals surface area contributed by atoms with Crippen LogP contribution in [0.1, 0.15) is 79.1 Å². The van der Waals surface area contributed by atoms with Gasteiger partial charge in [-0.15, -0.1) is 0 Å². The normalized spacial score (nSPS) is 32.5. The molecule has 2 bridgehead atoms. The second kappa shape index (κ2) is 8.75. The van der Waals surface area contributed by atoms with Gasteiger partial charge in [0.2, 0.25) is 5.91 Å². The van der Waals surface area contributed by atoms with Crippen molar-refractivity contribution in [2.24, 2.45) is 10.8 Å². The first-order valence-electron chi connectivity index (χ1n) is 13.4. The van der Waals surface area contributed by atoms with Gasteiger partial charge in [-0.25, -0.2) is 17.2 Å². The summed E-state index contributed by atoms with van der Waals surface area (Å²) in [4.78, 5) is 15.2. The second-order valence-corrected chi connectivity index (χ2v) is 14.8.